The third-order valence-corrected chi connectivity index (χ3v) is 3.72. The Kier molecular flexibility index (Phi) is 7.15. The van der Waals surface area contributed by atoms with E-state index in [9.17, 15) is 0 Å². The van der Waals surface area contributed by atoms with Crippen molar-refractivity contribution in [3.05, 3.63) is 31.1 Å². The number of nitrogens with one attached hydrogen (secondary N) is 1. The molecule has 3 heterocycles. The third kappa shape index (κ3) is 4.76. The highest BCUT2D eigenvalue weighted by atomic mass is 127. The number of halogens is 1. The van der Waals surface area contributed by atoms with Gasteiger partial charge in [0.1, 0.15) is 12.7 Å². The first-order valence-electron chi connectivity index (χ1n) is 7.67. The van der Waals surface area contributed by atoms with Crippen LogP contribution in [0.4, 0.5) is 5.95 Å². The Hall–Kier alpha value is -1.98. The Morgan fingerprint density at radius 3 is 2.58 bits per heavy atom. The van der Waals surface area contributed by atoms with Gasteiger partial charge in [0, 0.05) is 52.2 Å². The van der Waals surface area contributed by atoms with E-state index in [1.165, 1.54) is 0 Å². The molecule has 130 valence electrons. The summed E-state index contributed by atoms with van der Waals surface area (Å²) in [6.07, 6.45) is 6.81. The van der Waals surface area contributed by atoms with Gasteiger partial charge in [-0.1, -0.05) is 0 Å². The van der Waals surface area contributed by atoms with Crippen LogP contribution in [0.3, 0.4) is 0 Å². The summed E-state index contributed by atoms with van der Waals surface area (Å²) in [6.45, 7) is 5.07. The van der Waals surface area contributed by atoms with Crippen molar-refractivity contribution in [2.75, 3.05) is 44.7 Å². The number of anilines is 1. The Morgan fingerprint density at radius 2 is 1.96 bits per heavy atom. The van der Waals surface area contributed by atoms with Crippen molar-refractivity contribution in [3.63, 3.8) is 0 Å². The standard InChI is InChI=1S/C14H21N9.HI/c1-15-13(19-5-6-23-12-16-11-20-23)21-7-9-22(10-8-21)14-17-3-2-4-18-14;/h2-4,11-12H,5-10H2,1H3,(H,15,19);1H. The van der Waals surface area contributed by atoms with Crippen LogP contribution in [0.15, 0.2) is 36.1 Å². The summed E-state index contributed by atoms with van der Waals surface area (Å²) in [5.41, 5.74) is 0. The number of aromatic nitrogens is 5. The summed E-state index contributed by atoms with van der Waals surface area (Å²) in [6, 6.07) is 1.83. The van der Waals surface area contributed by atoms with Gasteiger partial charge in [-0.25, -0.2) is 15.0 Å². The molecule has 0 amide bonds. The molecular formula is C14H22IN9. The summed E-state index contributed by atoms with van der Waals surface area (Å²) in [4.78, 5) is 21.4. The largest absolute Gasteiger partial charge is 0.354 e. The molecule has 1 N–H and O–H groups in total. The molecule has 0 unspecified atom stereocenters. The van der Waals surface area contributed by atoms with Gasteiger partial charge in [0.25, 0.3) is 0 Å². The van der Waals surface area contributed by atoms with Gasteiger partial charge in [0.2, 0.25) is 5.95 Å². The molecule has 2 aromatic rings. The fourth-order valence-electron chi connectivity index (χ4n) is 2.54. The maximum atomic E-state index is 4.36. The SMILES string of the molecule is CN=C(NCCn1cncn1)N1CCN(c2ncccn2)CC1.I. The number of aliphatic imine (C=N–C) groups is 1. The second-order valence-corrected chi connectivity index (χ2v) is 5.16. The van der Waals surface area contributed by atoms with Crippen molar-refractivity contribution >= 4 is 35.9 Å². The molecule has 0 spiro atoms. The Morgan fingerprint density at radius 1 is 1.21 bits per heavy atom. The molecular weight excluding hydrogens is 421 g/mol. The van der Waals surface area contributed by atoms with Crippen molar-refractivity contribution in [2.24, 2.45) is 4.99 Å². The molecule has 0 atom stereocenters. The minimum atomic E-state index is 0. The smallest absolute Gasteiger partial charge is 0.225 e. The van der Waals surface area contributed by atoms with Gasteiger partial charge < -0.3 is 15.1 Å². The monoisotopic (exact) mass is 443 g/mol. The molecule has 0 aromatic carbocycles. The average Bonchev–Trinajstić information content (AvgIpc) is 3.13. The topological polar surface area (TPSA) is 87.4 Å². The van der Waals surface area contributed by atoms with Crippen LogP contribution in [-0.4, -0.2) is 75.4 Å². The van der Waals surface area contributed by atoms with Crippen molar-refractivity contribution in [3.8, 4) is 0 Å². The number of piperazine rings is 1. The van der Waals surface area contributed by atoms with E-state index in [-0.39, 0.29) is 24.0 Å². The number of hydrogen-bond acceptors (Lipinski definition) is 6. The number of guanidine groups is 1. The van der Waals surface area contributed by atoms with Gasteiger partial charge in [-0.15, -0.1) is 24.0 Å². The molecule has 0 radical (unpaired) electrons. The maximum Gasteiger partial charge on any atom is 0.225 e. The van der Waals surface area contributed by atoms with Crippen LogP contribution in [0.1, 0.15) is 0 Å². The van der Waals surface area contributed by atoms with Crippen molar-refractivity contribution < 1.29 is 0 Å². The predicted octanol–water partition coefficient (Wildman–Crippen LogP) is 0.0837. The van der Waals surface area contributed by atoms with E-state index in [0.29, 0.717) is 0 Å². The summed E-state index contributed by atoms with van der Waals surface area (Å²) in [5, 5.41) is 7.46. The van der Waals surface area contributed by atoms with E-state index >= 15 is 0 Å². The zero-order chi connectivity index (χ0) is 15.9. The highest BCUT2D eigenvalue weighted by Crippen LogP contribution is 2.09. The zero-order valence-electron chi connectivity index (χ0n) is 13.6. The number of nitrogens with zero attached hydrogens (tertiary/aromatic N) is 8. The lowest BCUT2D eigenvalue weighted by molar-refractivity contribution is 0.369. The quantitative estimate of drug-likeness (QED) is 0.407. The Bertz CT molecular complexity index is 608. The summed E-state index contributed by atoms with van der Waals surface area (Å²) in [7, 11) is 1.81. The van der Waals surface area contributed by atoms with E-state index in [0.717, 1.165) is 51.2 Å². The van der Waals surface area contributed by atoms with Crippen LogP contribution in [0.2, 0.25) is 0 Å². The molecule has 0 bridgehead atoms. The summed E-state index contributed by atoms with van der Waals surface area (Å²) >= 11 is 0. The molecule has 0 saturated carbocycles. The van der Waals surface area contributed by atoms with Gasteiger partial charge in [-0.05, 0) is 6.07 Å². The molecule has 1 aliphatic heterocycles. The summed E-state index contributed by atoms with van der Waals surface area (Å²) in [5.74, 6) is 1.71. The first kappa shape index (κ1) is 18.4. The number of rotatable bonds is 4. The fraction of sp³-hybridized carbons (Fsp3) is 0.500. The zero-order valence-corrected chi connectivity index (χ0v) is 15.9. The molecule has 9 nitrogen and oxygen atoms in total. The second kappa shape index (κ2) is 9.35. The van der Waals surface area contributed by atoms with Gasteiger partial charge in [-0.2, -0.15) is 5.10 Å². The normalized spacial score (nSPS) is 15.1. The molecule has 2 aromatic heterocycles. The summed E-state index contributed by atoms with van der Waals surface area (Å²) < 4.78 is 1.80. The van der Waals surface area contributed by atoms with Crippen LogP contribution in [-0.2, 0) is 6.54 Å². The van der Waals surface area contributed by atoms with Crippen LogP contribution in [0.5, 0.6) is 0 Å². The van der Waals surface area contributed by atoms with Crippen LogP contribution >= 0.6 is 24.0 Å². The minimum Gasteiger partial charge on any atom is -0.354 e. The average molecular weight is 443 g/mol. The molecule has 10 heteroatoms. The molecule has 1 aliphatic rings. The Labute approximate surface area is 158 Å². The molecule has 3 rings (SSSR count). The lowest BCUT2D eigenvalue weighted by Gasteiger charge is -2.36. The van der Waals surface area contributed by atoms with Crippen LogP contribution < -0.4 is 10.2 Å². The Balaban J connectivity index is 0.00000208. The van der Waals surface area contributed by atoms with Crippen LogP contribution in [0, 0.1) is 0 Å². The van der Waals surface area contributed by atoms with Gasteiger partial charge in [0.15, 0.2) is 5.96 Å². The second-order valence-electron chi connectivity index (χ2n) is 5.16. The van der Waals surface area contributed by atoms with Crippen molar-refractivity contribution in [2.45, 2.75) is 6.54 Å². The highest BCUT2D eigenvalue weighted by Gasteiger charge is 2.20. The first-order valence-corrected chi connectivity index (χ1v) is 7.67. The number of hydrogen-bond donors (Lipinski definition) is 1. The third-order valence-electron chi connectivity index (χ3n) is 3.72. The molecule has 0 aliphatic carbocycles. The van der Waals surface area contributed by atoms with E-state index in [2.05, 4.69) is 40.2 Å². The van der Waals surface area contributed by atoms with Crippen molar-refractivity contribution in [1.29, 1.82) is 0 Å². The van der Waals surface area contributed by atoms with Crippen molar-refractivity contribution in [1.82, 2.24) is 34.9 Å². The van der Waals surface area contributed by atoms with E-state index in [4.69, 9.17) is 0 Å². The van der Waals surface area contributed by atoms with E-state index in [1.807, 2.05) is 13.1 Å². The fourth-order valence-corrected chi connectivity index (χ4v) is 2.54. The van der Waals surface area contributed by atoms with Gasteiger partial charge in [0.05, 0.1) is 6.54 Å². The molecule has 1 saturated heterocycles. The lowest BCUT2D eigenvalue weighted by atomic mass is 10.3. The predicted molar refractivity (Wildman–Crippen MR) is 103 cm³/mol. The molecule has 24 heavy (non-hydrogen) atoms. The van der Waals surface area contributed by atoms with E-state index < -0.39 is 0 Å². The first-order chi connectivity index (χ1) is 11.4. The molecule has 1 fully saturated rings. The van der Waals surface area contributed by atoms with Gasteiger partial charge >= 0.3 is 0 Å². The van der Waals surface area contributed by atoms with Crippen LogP contribution in [0.25, 0.3) is 0 Å². The maximum absolute atomic E-state index is 4.36. The van der Waals surface area contributed by atoms with Gasteiger partial charge in [-0.3, -0.25) is 9.67 Å². The minimum absolute atomic E-state index is 0. The highest BCUT2D eigenvalue weighted by molar-refractivity contribution is 14.0. The van der Waals surface area contributed by atoms with E-state index in [1.54, 1.807) is 29.7 Å². The lowest BCUT2D eigenvalue weighted by Crippen LogP contribution is -2.53.